The van der Waals surface area contributed by atoms with Crippen molar-refractivity contribution in [3.05, 3.63) is 90.5 Å². The Morgan fingerprint density at radius 2 is 1.68 bits per heavy atom. The second kappa shape index (κ2) is 7.67. The Balaban J connectivity index is 2.00. The van der Waals surface area contributed by atoms with Gasteiger partial charge in [0.1, 0.15) is 0 Å². The maximum atomic E-state index is 12.2. The van der Waals surface area contributed by atoms with E-state index in [1.165, 1.54) is 0 Å². The number of nitrogens with one attached hydrogen (secondary N) is 1. The molecule has 1 unspecified atom stereocenters. The summed E-state index contributed by atoms with van der Waals surface area (Å²) in [7, 11) is 0. The van der Waals surface area contributed by atoms with E-state index < -0.39 is 0 Å². The van der Waals surface area contributed by atoms with Crippen LogP contribution in [0.1, 0.15) is 18.5 Å². The van der Waals surface area contributed by atoms with Crippen molar-refractivity contribution in [2.45, 2.75) is 13.0 Å². The normalized spacial score (nSPS) is 11.7. The van der Waals surface area contributed by atoms with Crippen LogP contribution in [0.2, 0.25) is 0 Å². The SMILES string of the molecule is C=C(C(=O)OCC)C(Nc1cccc2ccccc12)c1ccccc1. The Morgan fingerprint density at radius 3 is 2.44 bits per heavy atom. The molecule has 3 rings (SSSR count). The van der Waals surface area contributed by atoms with Gasteiger partial charge in [-0.05, 0) is 23.9 Å². The first-order chi connectivity index (χ1) is 12.2. The maximum absolute atomic E-state index is 12.2. The van der Waals surface area contributed by atoms with E-state index in [4.69, 9.17) is 4.74 Å². The van der Waals surface area contributed by atoms with Crippen LogP contribution in [0.25, 0.3) is 10.8 Å². The van der Waals surface area contributed by atoms with Crippen molar-refractivity contribution in [1.82, 2.24) is 0 Å². The summed E-state index contributed by atoms with van der Waals surface area (Å²) in [5.74, 6) is -0.385. The molecule has 0 radical (unpaired) electrons. The Hall–Kier alpha value is -3.07. The van der Waals surface area contributed by atoms with Crippen LogP contribution in [0, 0.1) is 0 Å². The molecule has 126 valence electrons. The molecule has 0 aromatic heterocycles. The molecule has 3 aromatic carbocycles. The van der Waals surface area contributed by atoms with Crippen molar-refractivity contribution in [1.29, 1.82) is 0 Å². The first kappa shape index (κ1) is 16.8. The van der Waals surface area contributed by atoms with Gasteiger partial charge in [-0.15, -0.1) is 0 Å². The number of benzene rings is 3. The van der Waals surface area contributed by atoms with Crippen molar-refractivity contribution in [3.63, 3.8) is 0 Å². The number of carbonyl (C=O) groups excluding carboxylic acids is 1. The number of esters is 1. The van der Waals surface area contributed by atoms with Gasteiger partial charge in [-0.2, -0.15) is 0 Å². The molecule has 0 aliphatic carbocycles. The van der Waals surface area contributed by atoms with Crippen LogP contribution < -0.4 is 5.32 Å². The van der Waals surface area contributed by atoms with Gasteiger partial charge in [0.05, 0.1) is 18.2 Å². The molecule has 0 fully saturated rings. The fourth-order valence-corrected chi connectivity index (χ4v) is 2.87. The van der Waals surface area contributed by atoms with Gasteiger partial charge >= 0.3 is 5.97 Å². The lowest BCUT2D eigenvalue weighted by Gasteiger charge is -2.22. The molecule has 25 heavy (non-hydrogen) atoms. The molecule has 1 N–H and O–H groups in total. The van der Waals surface area contributed by atoms with Gasteiger partial charge in [0.25, 0.3) is 0 Å². The maximum Gasteiger partial charge on any atom is 0.335 e. The van der Waals surface area contributed by atoms with Crippen LogP contribution in [0.5, 0.6) is 0 Å². The Morgan fingerprint density at radius 1 is 1.00 bits per heavy atom. The van der Waals surface area contributed by atoms with Gasteiger partial charge in [0, 0.05) is 11.1 Å². The van der Waals surface area contributed by atoms with Gasteiger partial charge in [0.2, 0.25) is 0 Å². The Labute approximate surface area is 147 Å². The molecule has 0 aliphatic heterocycles. The number of rotatable bonds is 6. The van der Waals surface area contributed by atoms with Gasteiger partial charge in [-0.25, -0.2) is 4.79 Å². The van der Waals surface area contributed by atoms with Crippen molar-refractivity contribution in [3.8, 4) is 0 Å². The van der Waals surface area contributed by atoms with E-state index >= 15 is 0 Å². The van der Waals surface area contributed by atoms with E-state index in [-0.39, 0.29) is 12.0 Å². The number of ether oxygens (including phenoxy) is 1. The van der Waals surface area contributed by atoms with Crippen molar-refractivity contribution >= 4 is 22.4 Å². The predicted molar refractivity (Wildman–Crippen MR) is 103 cm³/mol. The van der Waals surface area contributed by atoms with Gasteiger partial charge < -0.3 is 10.1 Å². The zero-order valence-electron chi connectivity index (χ0n) is 14.2. The van der Waals surface area contributed by atoms with Crippen LogP contribution in [0.3, 0.4) is 0 Å². The van der Waals surface area contributed by atoms with E-state index in [1.807, 2.05) is 54.6 Å². The highest BCUT2D eigenvalue weighted by atomic mass is 16.5. The molecule has 0 bridgehead atoms. The standard InChI is InChI=1S/C22H21NO2/c1-3-25-22(24)16(2)21(18-11-5-4-6-12-18)23-20-15-9-13-17-10-7-8-14-19(17)20/h4-15,21,23H,2-3H2,1H3. The van der Waals surface area contributed by atoms with E-state index in [1.54, 1.807) is 6.92 Å². The number of anilines is 1. The summed E-state index contributed by atoms with van der Waals surface area (Å²) < 4.78 is 5.15. The monoisotopic (exact) mass is 331 g/mol. The fourth-order valence-electron chi connectivity index (χ4n) is 2.87. The molecule has 0 amide bonds. The molecular formula is C22H21NO2. The molecule has 0 saturated heterocycles. The highest BCUT2D eigenvalue weighted by Gasteiger charge is 2.22. The summed E-state index contributed by atoms with van der Waals surface area (Å²) >= 11 is 0. The van der Waals surface area contributed by atoms with Gasteiger partial charge in [0.15, 0.2) is 0 Å². The third-order valence-electron chi connectivity index (χ3n) is 4.11. The molecular weight excluding hydrogens is 310 g/mol. The summed E-state index contributed by atoms with van der Waals surface area (Å²) in [6.07, 6.45) is 0. The zero-order chi connectivity index (χ0) is 17.6. The van der Waals surface area contributed by atoms with Crippen molar-refractivity contribution in [2.75, 3.05) is 11.9 Å². The minimum atomic E-state index is -0.385. The predicted octanol–water partition coefficient (Wildman–Crippen LogP) is 5.11. The topological polar surface area (TPSA) is 38.3 Å². The largest absolute Gasteiger partial charge is 0.463 e. The number of carbonyl (C=O) groups is 1. The minimum Gasteiger partial charge on any atom is -0.463 e. The second-order valence-electron chi connectivity index (χ2n) is 5.76. The Kier molecular flexibility index (Phi) is 5.14. The number of fused-ring (bicyclic) bond motifs is 1. The number of hydrogen-bond donors (Lipinski definition) is 1. The molecule has 3 nitrogen and oxygen atoms in total. The summed E-state index contributed by atoms with van der Waals surface area (Å²) in [5.41, 5.74) is 2.31. The lowest BCUT2D eigenvalue weighted by molar-refractivity contribution is -0.138. The van der Waals surface area contributed by atoms with E-state index in [0.717, 1.165) is 22.0 Å². The molecule has 3 aromatic rings. The van der Waals surface area contributed by atoms with Crippen LogP contribution in [0.15, 0.2) is 84.9 Å². The second-order valence-corrected chi connectivity index (χ2v) is 5.76. The third-order valence-corrected chi connectivity index (χ3v) is 4.11. The van der Waals surface area contributed by atoms with E-state index in [2.05, 4.69) is 30.1 Å². The summed E-state index contributed by atoms with van der Waals surface area (Å²) in [5, 5.41) is 5.72. The van der Waals surface area contributed by atoms with Crippen molar-refractivity contribution < 1.29 is 9.53 Å². The van der Waals surface area contributed by atoms with E-state index in [0.29, 0.717) is 12.2 Å². The first-order valence-electron chi connectivity index (χ1n) is 8.36. The Bertz CT molecular complexity index is 881. The zero-order valence-corrected chi connectivity index (χ0v) is 14.2. The molecule has 0 spiro atoms. The third kappa shape index (κ3) is 3.72. The van der Waals surface area contributed by atoms with Crippen LogP contribution in [-0.4, -0.2) is 12.6 Å². The van der Waals surface area contributed by atoms with Crippen molar-refractivity contribution in [2.24, 2.45) is 0 Å². The van der Waals surface area contributed by atoms with Gasteiger partial charge in [-0.3, -0.25) is 0 Å². The molecule has 0 saturated carbocycles. The molecule has 3 heteroatoms. The minimum absolute atomic E-state index is 0.327. The summed E-state index contributed by atoms with van der Waals surface area (Å²) in [6.45, 7) is 6.11. The summed E-state index contributed by atoms with van der Waals surface area (Å²) in [4.78, 5) is 12.2. The smallest absolute Gasteiger partial charge is 0.335 e. The van der Waals surface area contributed by atoms with Gasteiger partial charge in [-0.1, -0.05) is 73.3 Å². The fraction of sp³-hybridized carbons (Fsp3) is 0.136. The average molecular weight is 331 g/mol. The average Bonchev–Trinajstić information content (AvgIpc) is 2.66. The molecule has 1 atom stereocenters. The highest BCUT2D eigenvalue weighted by Crippen LogP contribution is 2.30. The molecule has 0 heterocycles. The highest BCUT2D eigenvalue weighted by molar-refractivity contribution is 5.95. The van der Waals surface area contributed by atoms with Crippen LogP contribution in [-0.2, 0) is 9.53 Å². The number of hydrogen-bond acceptors (Lipinski definition) is 3. The van der Waals surface area contributed by atoms with Crippen LogP contribution in [0.4, 0.5) is 5.69 Å². The lowest BCUT2D eigenvalue weighted by Crippen LogP contribution is -2.20. The quantitative estimate of drug-likeness (QED) is 0.504. The lowest BCUT2D eigenvalue weighted by atomic mass is 9.98. The first-order valence-corrected chi connectivity index (χ1v) is 8.36. The van der Waals surface area contributed by atoms with E-state index in [9.17, 15) is 4.79 Å². The summed E-state index contributed by atoms with van der Waals surface area (Å²) in [6, 6.07) is 23.7. The van der Waals surface area contributed by atoms with Crippen LogP contribution >= 0.6 is 0 Å². The molecule has 0 aliphatic rings.